The zero-order valence-corrected chi connectivity index (χ0v) is 15.3. The number of diazo groups is 1. The highest BCUT2D eigenvalue weighted by Crippen LogP contribution is 2.39. The van der Waals surface area contributed by atoms with Crippen molar-refractivity contribution in [1.82, 2.24) is 0 Å². The molecule has 7 heteroatoms. The van der Waals surface area contributed by atoms with Crippen molar-refractivity contribution in [2.45, 2.75) is 0 Å². The molecule has 0 aliphatic rings. The highest BCUT2D eigenvalue weighted by Gasteiger charge is 2.24. The number of para-hydroxylation sites is 1. The molecule has 0 aromatic heterocycles. The predicted octanol–water partition coefficient (Wildman–Crippen LogP) is 5.79. The maximum absolute atomic E-state index is 12.6. The predicted molar refractivity (Wildman–Crippen MR) is 106 cm³/mol. The van der Waals surface area contributed by atoms with Crippen molar-refractivity contribution >= 4 is 46.1 Å². The van der Waals surface area contributed by atoms with Gasteiger partial charge in [-0.3, -0.25) is 9.59 Å². The molecule has 0 unspecified atom stereocenters. The molecule has 0 fully saturated rings. The van der Waals surface area contributed by atoms with Crippen LogP contribution in [-0.2, 0) is 0 Å². The third-order valence-corrected chi connectivity index (χ3v) is 4.65. The topological polar surface area (TPSA) is 88.3 Å². The number of benzene rings is 3. The minimum atomic E-state index is -0.758. The summed E-state index contributed by atoms with van der Waals surface area (Å²) >= 11 is 12.6. The Hall–Kier alpha value is -3.20. The van der Waals surface area contributed by atoms with Gasteiger partial charge in [0.2, 0.25) is 17.0 Å². The maximum Gasteiger partial charge on any atom is 0.408 e. The van der Waals surface area contributed by atoms with Crippen molar-refractivity contribution in [2.24, 2.45) is 0 Å². The second-order valence-electron chi connectivity index (χ2n) is 5.67. The molecule has 0 heterocycles. The first-order valence-corrected chi connectivity index (χ1v) is 8.56. The number of anilines is 1. The van der Waals surface area contributed by atoms with Gasteiger partial charge in [0, 0.05) is 33.3 Å². The van der Waals surface area contributed by atoms with E-state index in [1.165, 1.54) is 18.2 Å². The lowest BCUT2D eigenvalue weighted by Crippen LogP contribution is -2.15. The summed E-state index contributed by atoms with van der Waals surface area (Å²) < 4.78 is 0. The molecule has 0 atom stereocenters. The lowest BCUT2D eigenvalue weighted by molar-refractivity contribution is 0.0817. The van der Waals surface area contributed by atoms with Crippen molar-refractivity contribution in [3.05, 3.63) is 86.8 Å². The van der Waals surface area contributed by atoms with Crippen molar-refractivity contribution in [1.29, 1.82) is 5.39 Å². The number of carbonyl (C=O) groups is 2. The summed E-state index contributed by atoms with van der Waals surface area (Å²) in [6.45, 7) is 0. The molecule has 0 bridgehead atoms. The number of hydrogen-bond donors (Lipinski definition) is 1. The Kier molecular flexibility index (Phi) is 5.22. The van der Waals surface area contributed by atoms with Crippen LogP contribution < -0.4 is 5.73 Å². The standard InChI is InChI=1S/C20H11Cl2N3O2/c21-15-10-14(20(27)19(26)11-5-2-1-3-6-11)16(22)9-13(15)12-7-4-8-17(25-24)18(12)23/h1-10H,(H-,23,27)/p+1. The molecule has 0 saturated heterocycles. The van der Waals surface area contributed by atoms with Crippen LogP contribution in [0.5, 0.6) is 0 Å². The van der Waals surface area contributed by atoms with Crippen molar-refractivity contribution in [2.75, 3.05) is 5.73 Å². The molecule has 3 aromatic carbocycles. The summed E-state index contributed by atoms with van der Waals surface area (Å²) in [6, 6.07) is 15.8. The van der Waals surface area contributed by atoms with Gasteiger partial charge in [-0.2, -0.15) is 0 Å². The molecular formula is C20H12Cl2N3O2+. The van der Waals surface area contributed by atoms with E-state index in [1.54, 1.807) is 42.5 Å². The first-order chi connectivity index (χ1) is 12.9. The number of nitrogens with zero attached hydrogens (tertiary/aromatic N) is 2. The summed E-state index contributed by atoms with van der Waals surface area (Å²) in [5, 5.41) is 9.25. The molecule has 0 amide bonds. The number of ketones is 2. The number of nitrogens with two attached hydrogens (primary N) is 1. The Morgan fingerprint density at radius 1 is 0.852 bits per heavy atom. The number of nitrogen functional groups attached to an aromatic ring is 1. The summed E-state index contributed by atoms with van der Waals surface area (Å²) in [4.78, 5) is 28.1. The van der Waals surface area contributed by atoms with Crippen LogP contribution >= 0.6 is 23.2 Å². The molecule has 5 nitrogen and oxygen atoms in total. The van der Waals surface area contributed by atoms with Crippen LogP contribution in [0.1, 0.15) is 20.7 Å². The fourth-order valence-corrected chi connectivity index (χ4v) is 3.16. The smallest absolute Gasteiger partial charge is 0.392 e. The van der Waals surface area contributed by atoms with Crippen LogP contribution in [0.25, 0.3) is 16.1 Å². The third kappa shape index (κ3) is 3.54. The number of halogens is 2. The average Bonchev–Trinajstić information content (AvgIpc) is 2.69. The zero-order valence-electron chi connectivity index (χ0n) is 13.8. The van der Waals surface area contributed by atoms with Crippen molar-refractivity contribution < 1.29 is 9.59 Å². The molecule has 3 rings (SSSR count). The molecule has 0 saturated carbocycles. The third-order valence-electron chi connectivity index (χ3n) is 4.02. The van der Waals surface area contributed by atoms with Crippen LogP contribution in [0.2, 0.25) is 10.0 Å². The van der Waals surface area contributed by atoms with Gasteiger partial charge in [0.25, 0.3) is 0 Å². The van der Waals surface area contributed by atoms with Gasteiger partial charge in [0.05, 0.1) is 5.02 Å². The zero-order chi connectivity index (χ0) is 19.6. The fourth-order valence-electron chi connectivity index (χ4n) is 2.65. The van der Waals surface area contributed by atoms with Crippen LogP contribution in [0, 0.1) is 5.39 Å². The monoisotopic (exact) mass is 396 g/mol. The highest BCUT2D eigenvalue weighted by molar-refractivity contribution is 6.52. The van der Waals surface area contributed by atoms with E-state index in [4.69, 9.17) is 34.3 Å². The van der Waals surface area contributed by atoms with Crippen molar-refractivity contribution in [3.63, 3.8) is 0 Å². The molecule has 0 aliphatic carbocycles. The van der Waals surface area contributed by atoms with Gasteiger partial charge in [-0.1, -0.05) is 65.7 Å². The van der Waals surface area contributed by atoms with Gasteiger partial charge in [-0.15, -0.1) is 0 Å². The second kappa shape index (κ2) is 7.58. The van der Waals surface area contributed by atoms with Crippen LogP contribution in [0.15, 0.2) is 60.7 Å². The van der Waals surface area contributed by atoms with Crippen LogP contribution in [-0.4, -0.2) is 11.6 Å². The molecule has 27 heavy (non-hydrogen) atoms. The Balaban J connectivity index is 2.05. The van der Waals surface area contributed by atoms with E-state index >= 15 is 0 Å². The van der Waals surface area contributed by atoms with Gasteiger partial charge in [0.1, 0.15) is 5.69 Å². The Bertz CT molecular complexity index is 1110. The van der Waals surface area contributed by atoms with Crippen LogP contribution in [0.3, 0.4) is 0 Å². The van der Waals surface area contributed by atoms with E-state index < -0.39 is 11.6 Å². The first kappa shape index (κ1) is 18.6. The Morgan fingerprint density at radius 2 is 1.56 bits per heavy atom. The summed E-state index contributed by atoms with van der Waals surface area (Å²) in [5.41, 5.74) is 7.58. The normalized spacial score (nSPS) is 10.3. The van der Waals surface area contributed by atoms with E-state index in [1.807, 2.05) is 0 Å². The average molecular weight is 397 g/mol. The number of carbonyl (C=O) groups excluding carboxylic acids is 2. The van der Waals surface area contributed by atoms with Crippen LogP contribution in [0.4, 0.5) is 11.4 Å². The van der Waals surface area contributed by atoms with Crippen molar-refractivity contribution in [3.8, 4) is 11.1 Å². The Morgan fingerprint density at radius 3 is 2.22 bits per heavy atom. The molecule has 0 radical (unpaired) electrons. The molecular weight excluding hydrogens is 385 g/mol. The van der Waals surface area contributed by atoms with Gasteiger partial charge < -0.3 is 5.73 Å². The van der Waals surface area contributed by atoms with Gasteiger partial charge >= 0.3 is 5.69 Å². The van der Waals surface area contributed by atoms with Gasteiger partial charge in [-0.05, 0) is 12.1 Å². The van der Waals surface area contributed by atoms with E-state index in [2.05, 4.69) is 4.98 Å². The largest absolute Gasteiger partial charge is 0.408 e. The van der Waals surface area contributed by atoms with E-state index in [9.17, 15) is 9.59 Å². The number of Topliss-reactive ketones (excluding diaryl/α,β-unsaturated/α-hetero) is 2. The number of hydrogen-bond acceptors (Lipinski definition) is 4. The molecule has 2 N–H and O–H groups in total. The molecule has 0 spiro atoms. The van der Waals surface area contributed by atoms with Gasteiger partial charge in [-0.25, -0.2) is 0 Å². The summed E-state index contributed by atoms with van der Waals surface area (Å²) in [7, 11) is 0. The maximum atomic E-state index is 12.6. The van der Waals surface area contributed by atoms with Gasteiger partial charge in [0.15, 0.2) is 4.98 Å². The minimum absolute atomic E-state index is 0.000779. The first-order valence-electron chi connectivity index (χ1n) is 7.81. The second-order valence-corrected chi connectivity index (χ2v) is 6.49. The number of rotatable bonds is 4. The highest BCUT2D eigenvalue weighted by atomic mass is 35.5. The summed E-state index contributed by atoms with van der Waals surface area (Å²) in [6.07, 6.45) is 0. The summed E-state index contributed by atoms with van der Waals surface area (Å²) in [5.74, 6) is -1.44. The molecule has 0 aliphatic heterocycles. The minimum Gasteiger partial charge on any atom is -0.392 e. The van der Waals surface area contributed by atoms with E-state index in [0.29, 0.717) is 11.1 Å². The molecule has 3 aromatic rings. The molecule has 132 valence electrons. The van der Waals surface area contributed by atoms with E-state index in [0.717, 1.165) is 0 Å². The fraction of sp³-hybridized carbons (Fsp3) is 0. The lowest BCUT2D eigenvalue weighted by Gasteiger charge is -2.10. The quantitative estimate of drug-likeness (QED) is 0.261. The SMILES string of the molecule is N#[N+]c1cccc(-c2cc(Cl)c(C(=O)C(=O)c3ccccc3)cc2Cl)c1N. The lowest BCUT2D eigenvalue weighted by atomic mass is 9.97. The Labute approximate surface area is 165 Å². The van der Waals surface area contributed by atoms with E-state index in [-0.39, 0.29) is 32.5 Å².